The lowest BCUT2D eigenvalue weighted by Crippen LogP contribution is -2.15. The van der Waals surface area contributed by atoms with Crippen LogP contribution in [0.25, 0.3) is 22.3 Å². The van der Waals surface area contributed by atoms with Gasteiger partial charge in [-0.2, -0.15) is 0 Å². The molecule has 244 valence electrons. The third-order valence-corrected chi connectivity index (χ3v) is 8.97. The molecule has 0 fully saturated rings. The van der Waals surface area contributed by atoms with Crippen molar-refractivity contribution >= 4 is 45.5 Å². The third-order valence-electron chi connectivity index (χ3n) is 8.97. The second-order valence-electron chi connectivity index (χ2n) is 12.3. The van der Waals surface area contributed by atoms with E-state index >= 15 is 0 Å². The lowest BCUT2D eigenvalue weighted by atomic mass is 10.0. The molecule has 51 heavy (non-hydrogen) atoms. The van der Waals surface area contributed by atoms with E-state index in [1.165, 1.54) is 0 Å². The van der Waals surface area contributed by atoms with Gasteiger partial charge in [0.15, 0.2) is 0 Å². The van der Waals surface area contributed by atoms with Crippen LogP contribution in [-0.2, 0) is 0 Å². The van der Waals surface area contributed by atoms with Gasteiger partial charge >= 0.3 is 0 Å². The number of hydrogen-bond donors (Lipinski definition) is 1. The maximum Gasteiger partial charge on any atom is 0.0540 e. The molecule has 8 aromatic carbocycles. The molecule has 0 aliphatic carbocycles. The minimum Gasteiger partial charge on any atom is -0.355 e. The highest BCUT2D eigenvalue weighted by Gasteiger charge is 2.22. The van der Waals surface area contributed by atoms with Gasteiger partial charge in [0.25, 0.3) is 0 Å². The van der Waals surface area contributed by atoms with Crippen LogP contribution in [0.1, 0.15) is 0 Å². The number of benzene rings is 8. The Kier molecular flexibility index (Phi) is 9.08. The Hall–Kier alpha value is -6.84. The molecule has 3 heteroatoms. The van der Waals surface area contributed by atoms with Crippen LogP contribution in [0.5, 0.6) is 0 Å². The lowest BCUT2D eigenvalue weighted by Gasteiger charge is -2.32. The summed E-state index contributed by atoms with van der Waals surface area (Å²) in [5, 5.41) is 3.74. The predicted molar refractivity (Wildman–Crippen MR) is 216 cm³/mol. The lowest BCUT2D eigenvalue weighted by molar-refractivity contribution is 1.25. The van der Waals surface area contributed by atoms with Crippen LogP contribution in [0.15, 0.2) is 218 Å². The minimum atomic E-state index is 0.977. The van der Waals surface area contributed by atoms with Crippen molar-refractivity contribution in [2.75, 3.05) is 15.1 Å². The average molecular weight is 656 g/mol. The van der Waals surface area contributed by atoms with E-state index in [4.69, 9.17) is 0 Å². The Morgan fingerprint density at radius 1 is 0.275 bits per heavy atom. The minimum absolute atomic E-state index is 0.977. The molecular formula is C48H37N3. The van der Waals surface area contributed by atoms with E-state index in [1.807, 2.05) is 6.07 Å². The molecule has 8 rings (SSSR count). The van der Waals surface area contributed by atoms with Gasteiger partial charge in [-0.3, -0.25) is 0 Å². The van der Waals surface area contributed by atoms with Crippen molar-refractivity contribution in [3.8, 4) is 22.3 Å². The molecule has 3 nitrogen and oxygen atoms in total. The fraction of sp³-hybridized carbons (Fsp3) is 0. The number of para-hydroxylation sites is 5. The highest BCUT2D eigenvalue weighted by molar-refractivity contribution is 5.93. The first kappa shape index (κ1) is 31.4. The molecule has 0 unspecified atom stereocenters. The molecule has 0 saturated heterocycles. The van der Waals surface area contributed by atoms with Crippen LogP contribution in [-0.4, -0.2) is 0 Å². The van der Waals surface area contributed by atoms with Crippen LogP contribution in [0.2, 0.25) is 0 Å². The first-order chi connectivity index (χ1) is 25.3. The van der Waals surface area contributed by atoms with Crippen LogP contribution in [0, 0.1) is 0 Å². The van der Waals surface area contributed by atoms with Gasteiger partial charge in [-0.1, -0.05) is 152 Å². The first-order valence-corrected chi connectivity index (χ1v) is 17.3. The molecular weight excluding hydrogens is 619 g/mol. The van der Waals surface area contributed by atoms with Gasteiger partial charge in [-0.05, 0) is 77.9 Å². The SMILES string of the molecule is c1ccc(Nc2cc(N(c3ccccc3)c3ccccc3-c3ccccc3)cc(N(c3ccccc3)c3ccccc3-c3ccccc3)c2)cc1. The molecule has 0 heterocycles. The Morgan fingerprint density at radius 2 is 0.627 bits per heavy atom. The molecule has 0 bridgehead atoms. The summed E-state index contributed by atoms with van der Waals surface area (Å²) in [5.41, 5.74) is 13.0. The number of hydrogen-bond acceptors (Lipinski definition) is 3. The normalized spacial score (nSPS) is 10.7. The van der Waals surface area contributed by atoms with E-state index < -0.39 is 0 Å². The number of anilines is 8. The molecule has 0 aromatic heterocycles. The fourth-order valence-corrected chi connectivity index (χ4v) is 6.68. The zero-order valence-electron chi connectivity index (χ0n) is 28.2. The maximum absolute atomic E-state index is 3.74. The largest absolute Gasteiger partial charge is 0.355 e. The Morgan fingerprint density at radius 3 is 1.06 bits per heavy atom. The summed E-state index contributed by atoms with van der Waals surface area (Å²) in [5.74, 6) is 0. The molecule has 1 N–H and O–H groups in total. The standard InChI is InChI=1S/C48H37N3/c1-6-20-37(21-7-1)45-30-16-18-32-47(45)50(41-26-12-4-13-27-41)43-34-40(49-39-24-10-3-11-25-39)35-44(36-43)51(42-28-14-5-15-29-42)48-33-19-17-31-46(48)38-22-8-2-9-23-38/h1-36,49H. The van der Waals surface area contributed by atoms with Crippen molar-refractivity contribution in [3.63, 3.8) is 0 Å². The topological polar surface area (TPSA) is 18.5 Å². The Labute approximate surface area is 300 Å². The number of nitrogens with zero attached hydrogens (tertiary/aromatic N) is 2. The highest BCUT2D eigenvalue weighted by atomic mass is 15.2. The summed E-state index contributed by atoms with van der Waals surface area (Å²) in [6.45, 7) is 0. The van der Waals surface area contributed by atoms with Crippen molar-refractivity contribution in [1.29, 1.82) is 0 Å². The predicted octanol–water partition coefficient (Wildman–Crippen LogP) is 13.7. The van der Waals surface area contributed by atoms with Crippen LogP contribution >= 0.6 is 0 Å². The Balaban J connectivity index is 1.39. The van der Waals surface area contributed by atoms with Gasteiger partial charge in [0, 0.05) is 33.9 Å². The molecule has 0 atom stereocenters. The molecule has 0 radical (unpaired) electrons. The van der Waals surface area contributed by atoms with Crippen molar-refractivity contribution in [3.05, 3.63) is 218 Å². The van der Waals surface area contributed by atoms with E-state index in [2.05, 4.69) is 227 Å². The fourth-order valence-electron chi connectivity index (χ4n) is 6.68. The Bertz CT molecular complexity index is 2180. The molecule has 8 aromatic rings. The molecule has 0 aliphatic rings. The van der Waals surface area contributed by atoms with E-state index in [0.717, 1.165) is 67.8 Å². The summed E-state index contributed by atoms with van der Waals surface area (Å²) in [6, 6.07) is 77.0. The number of rotatable bonds is 10. The zero-order chi connectivity index (χ0) is 34.2. The van der Waals surface area contributed by atoms with E-state index in [9.17, 15) is 0 Å². The van der Waals surface area contributed by atoms with Gasteiger partial charge < -0.3 is 15.1 Å². The van der Waals surface area contributed by atoms with Crippen LogP contribution < -0.4 is 15.1 Å². The van der Waals surface area contributed by atoms with E-state index in [1.54, 1.807) is 0 Å². The van der Waals surface area contributed by atoms with Gasteiger partial charge in [0.1, 0.15) is 0 Å². The van der Waals surface area contributed by atoms with E-state index in [-0.39, 0.29) is 0 Å². The number of nitrogens with one attached hydrogen (secondary N) is 1. The summed E-state index contributed by atoms with van der Waals surface area (Å²) < 4.78 is 0. The molecule has 0 amide bonds. The monoisotopic (exact) mass is 655 g/mol. The van der Waals surface area contributed by atoms with Crippen molar-refractivity contribution < 1.29 is 0 Å². The summed E-state index contributed by atoms with van der Waals surface area (Å²) in [7, 11) is 0. The van der Waals surface area contributed by atoms with Gasteiger partial charge in [-0.15, -0.1) is 0 Å². The van der Waals surface area contributed by atoms with Crippen molar-refractivity contribution in [2.45, 2.75) is 0 Å². The maximum atomic E-state index is 3.74. The molecule has 0 spiro atoms. The quantitative estimate of drug-likeness (QED) is 0.158. The average Bonchev–Trinajstić information content (AvgIpc) is 3.20. The van der Waals surface area contributed by atoms with Crippen molar-refractivity contribution in [1.82, 2.24) is 0 Å². The summed E-state index contributed by atoms with van der Waals surface area (Å²) in [4.78, 5) is 4.74. The first-order valence-electron chi connectivity index (χ1n) is 17.3. The van der Waals surface area contributed by atoms with Gasteiger partial charge in [0.05, 0.1) is 22.7 Å². The van der Waals surface area contributed by atoms with E-state index in [0.29, 0.717) is 0 Å². The second kappa shape index (κ2) is 14.7. The van der Waals surface area contributed by atoms with Gasteiger partial charge in [0.2, 0.25) is 0 Å². The van der Waals surface area contributed by atoms with Crippen LogP contribution in [0.4, 0.5) is 45.5 Å². The smallest absolute Gasteiger partial charge is 0.0540 e. The third kappa shape index (κ3) is 6.87. The zero-order valence-corrected chi connectivity index (χ0v) is 28.2. The summed E-state index contributed by atoms with van der Waals surface area (Å²) in [6.07, 6.45) is 0. The molecule has 0 aliphatic heterocycles. The second-order valence-corrected chi connectivity index (χ2v) is 12.3. The van der Waals surface area contributed by atoms with Gasteiger partial charge in [-0.25, -0.2) is 0 Å². The highest BCUT2D eigenvalue weighted by Crippen LogP contribution is 2.46. The molecule has 0 saturated carbocycles. The van der Waals surface area contributed by atoms with Crippen molar-refractivity contribution in [2.24, 2.45) is 0 Å². The summed E-state index contributed by atoms with van der Waals surface area (Å²) >= 11 is 0. The van der Waals surface area contributed by atoms with Crippen LogP contribution in [0.3, 0.4) is 0 Å².